The summed E-state index contributed by atoms with van der Waals surface area (Å²) in [6.45, 7) is 2.36. The number of phenols is 1. The molecule has 7 heteroatoms. The van der Waals surface area contributed by atoms with Crippen molar-refractivity contribution in [2.45, 2.75) is 13.0 Å². The second-order valence-electron chi connectivity index (χ2n) is 7.81. The minimum atomic E-state index is -0.942. The van der Waals surface area contributed by atoms with Gasteiger partial charge in [-0.05, 0) is 60.5 Å². The van der Waals surface area contributed by atoms with Crippen LogP contribution < -0.4 is 14.4 Å². The fourth-order valence-corrected chi connectivity index (χ4v) is 4.00. The van der Waals surface area contributed by atoms with Crippen molar-refractivity contribution in [2.75, 3.05) is 18.6 Å². The summed E-state index contributed by atoms with van der Waals surface area (Å²) in [5.74, 6) is -1.12. The summed E-state index contributed by atoms with van der Waals surface area (Å²) in [6.07, 6.45) is 2.96. The Morgan fingerprint density at radius 1 is 1.03 bits per heavy atom. The molecule has 2 N–H and O–H groups in total. The molecule has 0 aliphatic carbocycles. The number of hydrogen-bond acceptors (Lipinski definition) is 6. The third-order valence-electron chi connectivity index (χ3n) is 5.65. The van der Waals surface area contributed by atoms with Gasteiger partial charge in [-0.3, -0.25) is 14.5 Å². The number of amides is 1. The number of allylic oxidation sites excluding steroid dienone is 1. The molecule has 0 spiro atoms. The number of aromatic hydroxyl groups is 1. The number of hydrogen-bond donors (Lipinski definition) is 2. The van der Waals surface area contributed by atoms with Gasteiger partial charge in [0.1, 0.15) is 5.75 Å². The summed E-state index contributed by atoms with van der Waals surface area (Å²) in [4.78, 5) is 27.9. The molecule has 0 bridgehead atoms. The summed E-state index contributed by atoms with van der Waals surface area (Å²) in [5, 5.41) is 20.9. The molecule has 1 aliphatic heterocycles. The topological polar surface area (TPSA) is 96.3 Å². The van der Waals surface area contributed by atoms with Gasteiger partial charge >= 0.3 is 0 Å². The van der Waals surface area contributed by atoms with Crippen LogP contribution >= 0.6 is 0 Å². The van der Waals surface area contributed by atoms with Crippen molar-refractivity contribution >= 4 is 23.5 Å². The Bertz CT molecular complexity index is 1290. The molecular weight excluding hydrogens is 446 g/mol. The third kappa shape index (κ3) is 4.75. The van der Waals surface area contributed by atoms with Crippen molar-refractivity contribution in [1.82, 2.24) is 0 Å². The predicted octanol–water partition coefficient (Wildman–Crippen LogP) is 4.98. The average Bonchev–Trinajstić information content (AvgIpc) is 3.14. The van der Waals surface area contributed by atoms with E-state index in [9.17, 15) is 19.8 Å². The van der Waals surface area contributed by atoms with E-state index in [1.165, 1.54) is 24.2 Å². The van der Waals surface area contributed by atoms with Crippen LogP contribution in [0.5, 0.6) is 17.2 Å². The standard InChI is InChI=1S/C28H25NO6/c1-3-35-21-13-11-20(12-14-21)29-26(19-10-16-22(30)24(17-19)34-2)25(27(32)28(29)33)23(31)15-9-18-7-5-4-6-8-18/h4-17,26,30,32H,3H2,1-2H3/b15-9+. The number of aliphatic hydroxyl groups excluding tert-OH is 1. The molecule has 4 rings (SSSR count). The van der Waals surface area contributed by atoms with Crippen LogP contribution in [-0.4, -0.2) is 35.6 Å². The van der Waals surface area contributed by atoms with Gasteiger partial charge in [0.2, 0.25) is 0 Å². The van der Waals surface area contributed by atoms with Gasteiger partial charge in [0.15, 0.2) is 23.0 Å². The number of methoxy groups -OCH3 is 1. The number of phenolic OH excluding ortho intramolecular Hbond substituents is 1. The van der Waals surface area contributed by atoms with Gasteiger partial charge in [-0.1, -0.05) is 42.5 Å². The molecule has 178 valence electrons. The Balaban J connectivity index is 1.79. The maximum Gasteiger partial charge on any atom is 0.294 e. The number of nitrogens with zero attached hydrogens (tertiary/aromatic N) is 1. The number of ether oxygens (including phenoxy) is 2. The Kier molecular flexibility index (Phi) is 6.87. The number of carbonyl (C=O) groups excluding carboxylic acids is 2. The molecule has 1 unspecified atom stereocenters. The molecule has 1 atom stereocenters. The molecule has 1 aliphatic rings. The van der Waals surface area contributed by atoms with Gasteiger partial charge in [0, 0.05) is 5.69 Å². The molecule has 3 aromatic rings. The van der Waals surface area contributed by atoms with E-state index in [0.29, 0.717) is 23.6 Å². The molecule has 1 heterocycles. The molecule has 0 saturated carbocycles. The van der Waals surface area contributed by atoms with Crippen LogP contribution in [0.2, 0.25) is 0 Å². The van der Waals surface area contributed by atoms with Crippen LogP contribution in [-0.2, 0) is 9.59 Å². The molecule has 1 amide bonds. The first kappa shape index (κ1) is 23.6. The normalized spacial score (nSPS) is 15.7. The summed E-state index contributed by atoms with van der Waals surface area (Å²) in [6, 6.07) is 19.7. The Morgan fingerprint density at radius 3 is 2.40 bits per heavy atom. The fourth-order valence-electron chi connectivity index (χ4n) is 4.00. The average molecular weight is 472 g/mol. The number of rotatable bonds is 8. The van der Waals surface area contributed by atoms with Crippen molar-refractivity contribution in [1.29, 1.82) is 0 Å². The largest absolute Gasteiger partial charge is 0.504 e. The van der Waals surface area contributed by atoms with E-state index in [1.807, 2.05) is 37.3 Å². The van der Waals surface area contributed by atoms with E-state index in [-0.39, 0.29) is 17.1 Å². The zero-order valence-corrected chi connectivity index (χ0v) is 19.3. The van der Waals surface area contributed by atoms with Gasteiger partial charge in [-0.25, -0.2) is 0 Å². The zero-order chi connectivity index (χ0) is 24.9. The van der Waals surface area contributed by atoms with E-state index in [2.05, 4.69) is 0 Å². The SMILES string of the molecule is CCOc1ccc(N2C(=O)C(O)=C(C(=O)/C=C/c3ccccc3)C2c2ccc(O)c(OC)c2)cc1. The van der Waals surface area contributed by atoms with E-state index >= 15 is 0 Å². The maximum absolute atomic E-state index is 13.3. The summed E-state index contributed by atoms with van der Waals surface area (Å²) < 4.78 is 10.7. The van der Waals surface area contributed by atoms with E-state index in [4.69, 9.17) is 9.47 Å². The highest BCUT2D eigenvalue weighted by Crippen LogP contribution is 2.43. The summed E-state index contributed by atoms with van der Waals surface area (Å²) >= 11 is 0. The van der Waals surface area contributed by atoms with Gasteiger partial charge in [0.25, 0.3) is 5.91 Å². The van der Waals surface area contributed by atoms with Gasteiger partial charge in [0.05, 0.1) is 25.3 Å². The highest BCUT2D eigenvalue weighted by molar-refractivity contribution is 6.19. The second kappa shape index (κ2) is 10.2. The van der Waals surface area contributed by atoms with Gasteiger partial charge < -0.3 is 19.7 Å². The number of benzene rings is 3. The quantitative estimate of drug-likeness (QED) is 0.450. The smallest absolute Gasteiger partial charge is 0.294 e. The summed E-state index contributed by atoms with van der Waals surface area (Å²) in [7, 11) is 1.41. The van der Waals surface area contributed by atoms with Crippen molar-refractivity contribution in [3.63, 3.8) is 0 Å². The number of carbonyl (C=O) groups is 2. The highest BCUT2D eigenvalue weighted by Gasteiger charge is 2.44. The van der Waals surface area contributed by atoms with Crippen molar-refractivity contribution in [3.8, 4) is 17.2 Å². The van der Waals surface area contributed by atoms with Crippen LogP contribution in [0.15, 0.2) is 90.2 Å². The highest BCUT2D eigenvalue weighted by atomic mass is 16.5. The predicted molar refractivity (Wildman–Crippen MR) is 133 cm³/mol. The number of anilines is 1. The van der Waals surface area contributed by atoms with Gasteiger partial charge in [-0.2, -0.15) is 0 Å². The van der Waals surface area contributed by atoms with E-state index in [0.717, 1.165) is 5.56 Å². The lowest BCUT2D eigenvalue weighted by atomic mass is 9.95. The Hall–Kier alpha value is -4.52. The van der Waals surface area contributed by atoms with Crippen molar-refractivity contribution in [3.05, 3.63) is 101 Å². The van der Waals surface area contributed by atoms with Crippen LogP contribution in [0.3, 0.4) is 0 Å². The second-order valence-corrected chi connectivity index (χ2v) is 7.81. The van der Waals surface area contributed by atoms with Crippen LogP contribution in [0.4, 0.5) is 5.69 Å². The zero-order valence-electron chi connectivity index (χ0n) is 19.3. The van der Waals surface area contributed by atoms with Gasteiger partial charge in [-0.15, -0.1) is 0 Å². The van der Waals surface area contributed by atoms with Crippen LogP contribution in [0.25, 0.3) is 6.08 Å². The third-order valence-corrected chi connectivity index (χ3v) is 5.65. The number of aliphatic hydroxyl groups is 1. The minimum absolute atomic E-state index is 0.0659. The molecule has 0 saturated heterocycles. The molecule has 0 fully saturated rings. The Labute approximate surface area is 203 Å². The molecule has 7 nitrogen and oxygen atoms in total. The lowest BCUT2D eigenvalue weighted by Crippen LogP contribution is -2.30. The monoisotopic (exact) mass is 471 g/mol. The van der Waals surface area contributed by atoms with Crippen molar-refractivity contribution in [2.24, 2.45) is 0 Å². The van der Waals surface area contributed by atoms with Crippen molar-refractivity contribution < 1.29 is 29.3 Å². The minimum Gasteiger partial charge on any atom is -0.504 e. The summed E-state index contributed by atoms with van der Waals surface area (Å²) in [5.41, 5.74) is 1.69. The number of ketones is 1. The molecule has 0 radical (unpaired) electrons. The Morgan fingerprint density at radius 2 is 1.74 bits per heavy atom. The first-order chi connectivity index (χ1) is 16.9. The van der Waals surface area contributed by atoms with E-state index < -0.39 is 23.5 Å². The first-order valence-corrected chi connectivity index (χ1v) is 11.1. The molecule has 35 heavy (non-hydrogen) atoms. The molecule has 3 aromatic carbocycles. The van der Waals surface area contributed by atoms with Crippen LogP contribution in [0.1, 0.15) is 24.1 Å². The fraction of sp³-hybridized carbons (Fsp3) is 0.143. The maximum atomic E-state index is 13.3. The molecular formula is C28H25NO6. The lowest BCUT2D eigenvalue weighted by molar-refractivity contribution is -0.117. The van der Waals surface area contributed by atoms with E-state index in [1.54, 1.807) is 42.5 Å². The lowest BCUT2D eigenvalue weighted by Gasteiger charge is -2.27. The first-order valence-electron chi connectivity index (χ1n) is 11.1. The molecule has 0 aromatic heterocycles. The van der Waals surface area contributed by atoms with Crippen LogP contribution in [0, 0.1) is 0 Å².